The number of rotatable bonds is 18. The van der Waals surface area contributed by atoms with Gasteiger partial charge in [-0.1, -0.05) is 119 Å². The molecule has 3 heterocycles. The molecule has 4 amide bonds. The second-order valence-electron chi connectivity index (χ2n) is 16.5. The second-order valence-corrected chi connectivity index (χ2v) is 17.3. The largest absolute Gasteiger partial charge is 0.440 e. The first-order valence-electron chi connectivity index (χ1n) is 20.8. The van der Waals surface area contributed by atoms with E-state index in [1.165, 1.54) is 4.90 Å². The summed E-state index contributed by atoms with van der Waals surface area (Å²) < 4.78 is 6.16. The quantitative estimate of drug-likeness (QED) is 0.0671. The number of hydrogen-bond donors (Lipinski definition) is 4. The van der Waals surface area contributed by atoms with E-state index in [1.807, 2.05) is 118 Å². The van der Waals surface area contributed by atoms with Gasteiger partial charge in [-0.05, 0) is 36.3 Å². The number of aromatic nitrogens is 2. The fourth-order valence-corrected chi connectivity index (χ4v) is 8.17. The number of hydrogen-bond acceptors (Lipinski definition) is 9. The van der Waals surface area contributed by atoms with Gasteiger partial charge in [0, 0.05) is 56.4 Å². The molecular weight excluding hydrogens is 777 g/mol. The number of carbonyl (C=O) groups excluding carboxylic acids is 4. The van der Waals surface area contributed by atoms with Crippen molar-refractivity contribution in [3.63, 3.8) is 0 Å². The van der Waals surface area contributed by atoms with Crippen LogP contribution in [0.1, 0.15) is 82.9 Å². The Labute approximate surface area is 356 Å². The van der Waals surface area contributed by atoms with Crippen molar-refractivity contribution < 1.29 is 28.7 Å². The van der Waals surface area contributed by atoms with E-state index in [9.17, 15) is 24.3 Å². The first-order chi connectivity index (χ1) is 28.9. The zero-order valence-corrected chi connectivity index (χ0v) is 35.7. The molecule has 0 unspecified atom stereocenters. The molecule has 12 nitrogen and oxygen atoms in total. The van der Waals surface area contributed by atoms with E-state index < -0.39 is 23.6 Å². The maximum atomic E-state index is 14.0. The number of aryl methyl sites for hydroxylation is 2. The van der Waals surface area contributed by atoms with Gasteiger partial charge in [-0.25, -0.2) is 9.97 Å². The minimum absolute atomic E-state index is 0.0168. The summed E-state index contributed by atoms with van der Waals surface area (Å²) in [5.74, 6) is 0.142. The van der Waals surface area contributed by atoms with Crippen molar-refractivity contribution in [1.82, 2.24) is 30.8 Å². The van der Waals surface area contributed by atoms with Gasteiger partial charge >= 0.3 is 0 Å². The van der Waals surface area contributed by atoms with Crippen molar-refractivity contribution >= 4 is 35.0 Å². The van der Waals surface area contributed by atoms with Crippen LogP contribution in [0.3, 0.4) is 0 Å². The highest BCUT2D eigenvalue weighted by molar-refractivity contribution is 7.13. The lowest BCUT2D eigenvalue weighted by Crippen LogP contribution is -2.57. The van der Waals surface area contributed by atoms with Gasteiger partial charge in [0.25, 0.3) is 0 Å². The third kappa shape index (κ3) is 11.8. The van der Waals surface area contributed by atoms with Crippen molar-refractivity contribution in [3.05, 3.63) is 108 Å². The number of amides is 4. The lowest BCUT2D eigenvalue weighted by molar-refractivity contribution is -0.144. The molecule has 316 valence electrons. The van der Waals surface area contributed by atoms with E-state index in [4.69, 9.17) is 9.40 Å². The summed E-state index contributed by atoms with van der Waals surface area (Å²) in [5, 5.41) is 19.4. The Morgan fingerprint density at radius 2 is 1.53 bits per heavy atom. The summed E-state index contributed by atoms with van der Waals surface area (Å²) in [6.45, 7) is 8.41. The molecule has 3 aromatic carbocycles. The van der Waals surface area contributed by atoms with E-state index in [-0.39, 0.29) is 56.0 Å². The van der Waals surface area contributed by atoms with Crippen molar-refractivity contribution in [2.45, 2.75) is 104 Å². The van der Waals surface area contributed by atoms with E-state index >= 15 is 0 Å². The molecular formula is C47H56N6O6S. The fourth-order valence-electron chi connectivity index (χ4n) is 7.36. The van der Waals surface area contributed by atoms with Gasteiger partial charge in [-0.15, -0.1) is 11.3 Å². The minimum atomic E-state index is -0.880. The van der Waals surface area contributed by atoms with Crippen LogP contribution in [0.2, 0.25) is 0 Å². The van der Waals surface area contributed by atoms with Crippen LogP contribution in [0.5, 0.6) is 0 Å². The van der Waals surface area contributed by atoms with Crippen LogP contribution >= 0.6 is 11.3 Å². The van der Waals surface area contributed by atoms with Gasteiger partial charge in [-0.2, -0.15) is 0 Å². The van der Waals surface area contributed by atoms with Crippen LogP contribution in [-0.4, -0.2) is 74.9 Å². The summed E-state index contributed by atoms with van der Waals surface area (Å²) in [6.07, 6.45) is 3.16. The van der Waals surface area contributed by atoms with Crippen LogP contribution in [0.15, 0.2) is 94.9 Å². The average molecular weight is 833 g/mol. The molecule has 2 aromatic heterocycles. The highest BCUT2D eigenvalue weighted by atomic mass is 32.1. The molecule has 1 aliphatic rings. The van der Waals surface area contributed by atoms with Crippen molar-refractivity contribution in [2.75, 3.05) is 13.1 Å². The molecule has 0 bridgehead atoms. The molecule has 60 heavy (non-hydrogen) atoms. The van der Waals surface area contributed by atoms with Gasteiger partial charge in [0.05, 0.1) is 22.2 Å². The SMILES string of the molecule is Cc1ncsc1-c1ccc(CNC(=O)[C@@H]2C[C@@H](O)CN2C(=O)[C@@H](NC(=O)CCCCCCNC(=O)CCc2nc(-c3ccccc3)c(-c3ccccc3)o2)C(C)(C)C)cc1. The number of thiazole rings is 1. The molecule has 0 saturated carbocycles. The number of aliphatic hydroxyl groups is 1. The van der Waals surface area contributed by atoms with Crippen LogP contribution in [0, 0.1) is 12.3 Å². The standard InChI is InChI=1S/C47H56N6O6S/c1-31-43(60-30-50-31)35-22-20-32(21-23-35)28-49-45(57)37-27-36(54)29-53(37)46(58)44(47(2,3)4)51-39(56)19-13-5-6-14-26-48-38(55)24-25-40-52-41(33-15-9-7-10-16-33)42(59-40)34-17-11-8-12-18-34/h7-12,15-18,20-23,30,36-37,44,54H,5-6,13-14,19,24-29H2,1-4H3,(H,48,55)(H,49,57)(H,51,56)/t36-,37+,44-/m1/s1. The summed E-state index contributed by atoms with van der Waals surface area (Å²) in [6, 6.07) is 25.9. The Bertz CT molecular complexity index is 2140. The van der Waals surface area contributed by atoms with Crippen LogP contribution < -0.4 is 16.0 Å². The molecule has 5 aromatic rings. The Morgan fingerprint density at radius 3 is 2.20 bits per heavy atom. The normalized spacial score (nSPS) is 15.7. The number of nitrogens with zero attached hydrogens (tertiary/aromatic N) is 3. The molecule has 4 N–H and O–H groups in total. The summed E-state index contributed by atoms with van der Waals surface area (Å²) in [7, 11) is 0. The summed E-state index contributed by atoms with van der Waals surface area (Å²) in [4.78, 5) is 64.8. The molecule has 0 spiro atoms. The molecule has 3 atom stereocenters. The molecule has 0 aliphatic carbocycles. The van der Waals surface area contributed by atoms with Gasteiger partial charge in [0.1, 0.15) is 17.8 Å². The lowest BCUT2D eigenvalue weighted by Gasteiger charge is -2.35. The van der Waals surface area contributed by atoms with Crippen LogP contribution in [0.25, 0.3) is 33.0 Å². The zero-order valence-electron chi connectivity index (χ0n) is 34.9. The summed E-state index contributed by atoms with van der Waals surface area (Å²) >= 11 is 1.58. The Balaban J connectivity index is 0.905. The number of likely N-dealkylation sites (tertiary alicyclic amines) is 1. The number of benzene rings is 3. The van der Waals surface area contributed by atoms with E-state index in [0.717, 1.165) is 57.8 Å². The highest BCUT2D eigenvalue weighted by Crippen LogP contribution is 2.33. The van der Waals surface area contributed by atoms with E-state index in [2.05, 4.69) is 20.9 Å². The third-order valence-corrected chi connectivity index (χ3v) is 11.7. The monoisotopic (exact) mass is 832 g/mol. The average Bonchev–Trinajstić information content (AvgIpc) is 3.99. The molecule has 13 heteroatoms. The predicted molar refractivity (Wildman–Crippen MR) is 233 cm³/mol. The predicted octanol–water partition coefficient (Wildman–Crippen LogP) is 7.25. The zero-order chi connectivity index (χ0) is 42.6. The maximum absolute atomic E-state index is 14.0. The van der Waals surface area contributed by atoms with Crippen molar-refractivity contribution in [2.24, 2.45) is 5.41 Å². The van der Waals surface area contributed by atoms with Gasteiger partial charge in [0.2, 0.25) is 23.6 Å². The number of unbranched alkanes of at least 4 members (excludes halogenated alkanes) is 3. The third-order valence-electron chi connectivity index (χ3n) is 10.7. The maximum Gasteiger partial charge on any atom is 0.246 e. The van der Waals surface area contributed by atoms with Crippen molar-refractivity contribution in [3.8, 4) is 33.0 Å². The molecule has 1 saturated heterocycles. The molecule has 1 fully saturated rings. The highest BCUT2D eigenvalue weighted by Gasteiger charge is 2.44. The number of carbonyl (C=O) groups is 4. The number of oxazole rings is 1. The van der Waals surface area contributed by atoms with Gasteiger partial charge in [-0.3, -0.25) is 19.2 Å². The van der Waals surface area contributed by atoms with Crippen molar-refractivity contribution in [1.29, 1.82) is 0 Å². The van der Waals surface area contributed by atoms with Crippen LogP contribution in [-0.2, 0) is 32.1 Å². The number of aliphatic hydroxyl groups excluding tert-OH is 1. The molecule has 0 radical (unpaired) electrons. The number of β-amino-alcohol motifs (C(OH)–C–C–N with tert-alkyl or cyclic N) is 1. The lowest BCUT2D eigenvalue weighted by atomic mass is 9.85. The summed E-state index contributed by atoms with van der Waals surface area (Å²) in [5.41, 5.74) is 6.74. The Kier molecular flexibility index (Phi) is 15.0. The Hall–Kier alpha value is -5.66. The van der Waals surface area contributed by atoms with Gasteiger partial charge in [0.15, 0.2) is 11.7 Å². The first kappa shape index (κ1) is 43.9. The van der Waals surface area contributed by atoms with Crippen LogP contribution in [0.4, 0.5) is 0 Å². The molecule has 1 aliphatic heterocycles. The Morgan fingerprint density at radius 1 is 0.850 bits per heavy atom. The minimum Gasteiger partial charge on any atom is -0.440 e. The fraction of sp³-hybridized carbons (Fsp3) is 0.404. The van der Waals surface area contributed by atoms with E-state index in [0.29, 0.717) is 31.0 Å². The topological polar surface area (TPSA) is 167 Å². The van der Waals surface area contributed by atoms with Gasteiger partial charge < -0.3 is 30.4 Å². The second kappa shape index (κ2) is 20.5. The smallest absolute Gasteiger partial charge is 0.246 e. The number of nitrogens with one attached hydrogen (secondary N) is 3. The van der Waals surface area contributed by atoms with E-state index in [1.54, 1.807) is 11.3 Å². The first-order valence-corrected chi connectivity index (χ1v) is 21.7. The molecule has 6 rings (SSSR count).